The number of hydrogen-bond acceptors (Lipinski definition) is 7. The molecule has 13 heteroatoms. The molecule has 0 fully saturated rings. The van der Waals surface area contributed by atoms with Gasteiger partial charge in [-0.15, -0.1) is 0 Å². The highest BCUT2D eigenvalue weighted by molar-refractivity contribution is 7.98. The van der Waals surface area contributed by atoms with Crippen molar-refractivity contribution in [3.05, 3.63) is 106 Å². The third kappa shape index (κ3) is 11.4. The van der Waals surface area contributed by atoms with Gasteiger partial charge in [0.1, 0.15) is 23.8 Å². The minimum absolute atomic E-state index is 0.0495. The van der Waals surface area contributed by atoms with Gasteiger partial charge in [0, 0.05) is 41.4 Å². The van der Waals surface area contributed by atoms with Crippen LogP contribution >= 0.6 is 11.8 Å². The van der Waals surface area contributed by atoms with Crippen LogP contribution in [0.25, 0.3) is 0 Å². The van der Waals surface area contributed by atoms with Crippen LogP contribution in [0.1, 0.15) is 80.1 Å². The molecule has 49 heavy (non-hydrogen) atoms. The second-order valence-corrected chi connectivity index (χ2v) is 12.7. The van der Waals surface area contributed by atoms with Crippen LogP contribution in [0.2, 0.25) is 0 Å². The Hall–Kier alpha value is -4.33. The molecular weight excluding hydrogens is 654 g/mol. The average molecular weight is 699 g/mol. The van der Waals surface area contributed by atoms with Crippen molar-refractivity contribution < 1.29 is 38.2 Å². The molecule has 0 aliphatic heterocycles. The number of primary amides is 1. The van der Waals surface area contributed by atoms with Crippen LogP contribution in [-0.2, 0) is 6.42 Å². The number of carbonyl (C=O) groups excluding carboxylic acids is 4. The molecule has 4 atom stereocenters. The number of nitrogens with two attached hydrogens (primary N) is 1. The fourth-order valence-corrected chi connectivity index (χ4v) is 5.93. The third-order valence-electron chi connectivity index (χ3n) is 7.86. The van der Waals surface area contributed by atoms with Gasteiger partial charge in [-0.3, -0.25) is 19.2 Å². The zero-order chi connectivity index (χ0) is 36.1. The van der Waals surface area contributed by atoms with Crippen molar-refractivity contribution in [1.82, 2.24) is 15.5 Å². The van der Waals surface area contributed by atoms with Gasteiger partial charge in [0.25, 0.3) is 17.7 Å². The molecule has 10 nitrogen and oxygen atoms in total. The lowest BCUT2D eigenvalue weighted by Gasteiger charge is -2.33. The summed E-state index contributed by atoms with van der Waals surface area (Å²) in [5, 5.41) is 28.4. The lowest BCUT2D eigenvalue weighted by atomic mass is 9.92. The minimum Gasteiger partial charge on any atom is -0.388 e. The number of halogens is 2. The number of aliphatic hydroxyl groups excluding tert-OH is 2. The largest absolute Gasteiger partial charge is 0.388 e. The maximum absolute atomic E-state index is 14.2. The maximum atomic E-state index is 14.2. The van der Waals surface area contributed by atoms with Crippen LogP contribution < -0.4 is 16.4 Å². The Morgan fingerprint density at radius 3 is 1.88 bits per heavy atom. The van der Waals surface area contributed by atoms with Gasteiger partial charge in [0.15, 0.2) is 0 Å². The first-order chi connectivity index (χ1) is 23.4. The van der Waals surface area contributed by atoms with Crippen molar-refractivity contribution >= 4 is 35.4 Å². The molecule has 0 aliphatic rings. The van der Waals surface area contributed by atoms with E-state index in [1.807, 2.05) is 20.1 Å². The Bertz CT molecular complexity index is 1570. The second kappa shape index (κ2) is 19.0. The molecule has 0 aromatic heterocycles. The van der Waals surface area contributed by atoms with Crippen molar-refractivity contribution in [2.75, 3.05) is 25.1 Å². The third-order valence-corrected chi connectivity index (χ3v) is 8.50. The summed E-state index contributed by atoms with van der Waals surface area (Å²) in [6.07, 6.45) is -0.295. The van der Waals surface area contributed by atoms with Gasteiger partial charge in [-0.05, 0) is 85.7 Å². The van der Waals surface area contributed by atoms with Gasteiger partial charge in [0.05, 0.1) is 12.1 Å². The zero-order valence-electron chi connectivity index (χ0n) is 27.8. The number of aliphatic hydroxyl groups is 2. The van der Waals surface area contributed by atoms with E-state index in [0.29, 0.717) is 43.3 Å². The molecule has 4 unspecified atom stereocenters. The van der Waals surface area contributed by atoms with Crippen LogP contribution in [0.3, 0.4) is 0 Å². The number of thioether (sulfide) groups is 1. The number of nitrogens with zero attached hydrogens (tertiary/aromatic N) is 1. The summed E-state index contributed by atoms with van der Waals surface area (Å²) < 4.78 is 28.4. The topological polar surface area (TPSA) is 162 Å². The van der Waals surface area contributed by atoms with E-state index in [1.165, 1.54) is 30.0 Å². The first-order valence-corrected chi connectivity index (χ1v) is 17.5. The summed E-state index contributed by atoms with van der Waals surface area (Å²) in [4.78, 5) is 54.0. The van der Waals surface area contributed by atoms with E-state index >= 15 is 0 Å². The monoisotopic (exact) mass is 698 g/mol. The smallest absolute Gasteiger partial charge is 0.253 e. The Kier molecular flexibility index (Phi) is 15.2. The highest BCUT2D eigenvalue weighted by Crippen LogP contribution is 2.19. The van der Waals surface area contributed by atoms with E-state index in [4.69, 9.17) is 5.73 Å². The average Bonchev–Trinajstić information content (AvgIpc) is 3.08. The Labute approximate surface area is 289 Å². The van der Waals surface area contributed by atoms with Crippen molar-refractivity contribution in [3.8, 4) is 0 Å². The maximum Gasteiger partial charge on any atom is 0.253 e. The molecule has 3 aromatic rings. The van der Waals surface area contributed by atoms with Crippen molar-refractivity contribution in [2.24, 2.45) is 5.73 Å². The number of benzene rings is 3. The van der Waals surface area contributed by atoms with Gasteiger partial charge in [-0.2, -0.15) is 11.8 Å². The lowest BCUT2D eigenvalue weighted by Crippen LogP contribution is -2.56. The van der Waals surface area contributed by atoms with Crippen LogP contribution in [-0.4, -0.2) is 88.1 Å². The normalized spacial score (nSPS) is 13.5. The molecule has 3 rings (SSSR count). The second-order valence-electron chi connectivity index (χ2n) is 11.7. The predicted molar refractivity (Wildman–Crippen MR) is 185 cm³/mol. The van der Waals surface area contributed by atoms with Gasteiger partial charge < -0.3 is 31.5 Å². The summed E-state index contributed by atoms with van der Waals surface area (Å²) in [6, 6.07) is 12.5. The summed E-state index contributed by atoms with van der Waals surface area (Å²) in [5.41, 5.74) is 5.75. The van der Waals surface area contributed by atoms with Crippen LogP contribution in [0.15, 0.2) is 66.7 Å². The molecule has 0 saturated carbocycles. The molecule has 0 bridgehead atoms. The van der Waals surface area contributed by atoms with Gasteiger partial charge in [0.2, 0.25) is 5.91 Å². The van der Waals surface area contributed by atoms with E-state index in [-0.39, 0.29) is 35.1 Å². The molecule has 0 heterocycles. The standard InChI is InChI=1S/C36H44F2N4O6S/c1-4-12-42(13-5-2)36(48)26-19-24(33(39)45)18-25(20-26)35(47)41-30(17-22-15-27(37)21-28(38)16-22)32(44)31(43)29(11-14-49-3)40-34(46)23-9-7-6-8-10-23/h6-10,15-16,18-21,29-32,43-44H,4-5,11-14,17H2,1-3H3,(H2,39,45)(H,40,46)(H,41,47). The number of carbonyl (C=O) groups is 4. The van der Waals surface area contributed by atoms with E-state index < -0.39 is 59.6 Å². The SMILES string of the molecule is CCCN(CCC)C(=O)c1cc(C(N)=O)cc(C(=O)NC(Cc2cc(F)cc(F)c2)C(O)C(O)C(CCSC)NC(=O)c2ccccc2)c1. The fourth-order valence-electron chi connectivity index (χ4n) is 5.44. The molecule has 3 aromatic carbocycles. The first-order valence-electron chi connectivity index (χ1n) is 16.1. The van der Waals surface area contributed by atoms with E-state index in [2.05, 4.69) is 10.6 Å². The van der Waals surface area contributed by atoms with Gasteiger partial charge in [-0.1, -0.05) is 32.0 Å². The molecular formula is C36H44F2N4O6S. The van der Waals surface area contributed by atoms with Crippen molar-refractivity contribution in [2.45, 2.75) is 63.8 Å². The molecule has 4 amide bonds. The predicted octanol–water partition coefficient (Wildman–Crippen LogP) is 3.94. The molecule has 0 radical (unpaired) electrons. The molecule has 0 aliphatic carbocycles. The van der Waals surface area contributed by atoms with E-state index in [0.717, 1.165) is 12.1 Å². The highest BCUT2D eigenvalue weighted by atomic mass is 32.2. The van der Waals surface area contributed by atoms with Crippen LogP contribution in [0.4, 0.5) is 8.78 Å². The zero-order valence-corrected chi connectivity index (χ0v) is 28.6. The molecule has 6 N–H and O–H groups in total. The van der Waals surface area contributed by atoms with E-state index in [9.17, 15) is 38.2 Å². The highest BCUT2D eigenvalue weighted by Gasteiger charge is 2.35. The summed E-state index contributed by atoms with van der Waals surface area (Å²) in [5.74, 6) is -3.90. The Morgan fingerprint density at radius 2 is 1.31 bits per heavy atom. The summed E-state index contributed by atoms with van der Waals surface area (Å²) >= 11 is 1.45. The van der Waals surface area contributed by atoms with Crippen molar-refractivity contribution in [3.63, 3.8) is 0 Å². The molecule has 0 spiro atoms. The number of rotatable bonds is 18. The quantitative estimate of drug-likeness (QED) is 0.134. The van der Waals surface area contributed by atoms with Crippen LogP contribution in [0, 0.1) is 11.6 Å². The Balaban J connectivity index is 2.00. The minimum atomic E-state index is -1.76. The summed E-state index contributed by atoms with van der Waals surface area (Å²) in [7, 11) is 0. The number of amides is 4. The molecule has 0 saturated heterocycles. The van der Waals surface area contributed by atoms with Crippen LogP contribution in [0.5, 0.6) is 0 Å². The Morgan fingerprint density at radius 1 is 0.776 bits per heavy atom. The van der Waals surface area contributed by atoms with E-state index in [1.54, 1.807) is 35.2 Å². The number of nitrogens with one attached hydrogen (secondary N) is 2. The molecule has 264 valence electrons. The van der Waals surface area contributed by atoms with Gasteiger partial charge >= 0.3 is 0 Å². The lowest BCUT2D eigenvalue weighted by molar-refractivity contribution is -0.0224. The number of hydrogen-bond donors (Lipinski definition) is 5. The summed E-state index contributed by atoms with van der Waals surface area (Å²) in [6.45, 7) is 4.73. The van der Waals surface area contributed by atoms with Gasteiger partial charge in [-0.25, -0.2) is 8.78 Å². The fraction of sp³-hybridized carbons (Fsp3) is 0.389. The first kappa shape index (κ1) is 39.1. The van der Waals surface area contributed by atoms with Crippen molar-refractivity contribution in [1.29, 1.82) is 0 Å².